The lowest BCUT2D eigenvalue weighted by Crippen LogP contribution is -2.32. The van der Waals surface area contributed by atoms with Crippen LogP contribution in [0.5, 0.6) is 0 Å². The highest BCUT2D eigenvalue weighted by atomic mass is 16.3. The van der Waals surface area contributed by atoms with Gasteiger partial charge >= 0.3 is 0 Å². The molecule has 1 N–H and O–H groups in total. The van der Waals surface area contributed by atoms with Crippen LogP contribution in [0.3, 0.4) is 0 Å². The van der Waals surface area contributed by atoms with Crippen molar-refractivity contribution in [3.05, 3.63) is 0 Å². The van der Waals surface area contributed by atoms with E-state index in [1.807, 2.05) is 0 Å². The average Bonchev–Trinajstić information content (AvgIpc) is 1.66. The third-order valence-electron chi connectivity index (χ3n) is 3.56. The maximum Gasteiger partial charge on any atom is 0.0576 e. The molecule has 0 aromatic rings. The van der Waals surface area contributed by atoms with Crippen LogP contribution in [0.1, 0.15) is 33.1 Å². The molecule has 2 aliphatic rings. The van der Waals surface area contributed by atoms with Crippen molar-refractivity contribution in [3.8, 4) is 0 Å². The van der Waals surface area contributed by atoms with Crippen LogP contribution in [-0.4, -0.2) is 11.2 Å². The summed E-state index contributed by atoms with van der Waals surface area (Å²) >= 11 is 0. The Bertz CT molecular complexity index is 151. The molecular formula is C9H16O. The van der Waals surface area contributed by atoms with Crippen molar-refractivity contribution in [2.75, 3.05) is 0 Å². The van der Waals surface area contributed by atoms with E-state index in [1.165, 1.54) is 12.8 Å². The molecule has 3 atom stereocenters. The van der Waals surface area contributed by atoms with Gasteiger partial charge in [-0.25, -0.2) is 0 Å². The smallest absolute Gasteiger partial charge is 0.0576 e. The number of aliphatic hydroxyl groups excluding tert-OH is 1. The van der Waals surface area contributed by atoms with E-state index in [0.29, 0.717) is 11.3 Å². The third-order valence-corrected chi connectivity index (χ3v) is 3.56. The molecule has 3 unspecified atom stereocenters. The fraction of sp³-hybridized carbons (Fsp3) is 1.00. The van der Waals surface area contributed by atoms with Gasteiger partial charge in [-0.2, -0.15) is 0 Å². The van der Waals surface area contributed by atoms with Crippen LogP contribution in [0.2, 0.25) is 0 Å². The van der Waals surface area contributed by atoms with Gasteiger partial charge in [-0.15, -0.1) is 0 Å². The fourth-order valence-electron chi connectivity index (χ4n) is 2.80. The van der Waals surface area contributed by atoms with Crippen LogP contribution >= 0.6 is 0 Å². The number of rotatable bonds is 0. The largest absolute Gasteiger partial charge is 0.393 e. The lowest BCUT2D eigenvalue weighted by molar-refractivity contribution is 0.0538. The standard InChI is InChI=1S/C9H16O/c1-9(2)5-8(10)6-3-4-7(6)9/h6-8,10H,3-5H2,1-2H3. The first-order valence-electron chi connectivity index (χ1n) is 4.29. The zero-order valence-electron chi connectivity index (χ0n) is 6.80. The summed E-state index contributed by atoms with van der Waals surface area (Å²) < 4.78 is 0. The molecule has 2 rings (SSSR count). The van der Waals surface area contributed by atoms with Crippen molar-refractivity contribution in [1.82, 2.24) is 0 Å². The summed E-state index contributed by atoms with van der Waals surface area (Å²) in [5.74, 6) is 1.50. The minimum absolute atomic E-state index is 0.0220. The predicted molar refractivity (Wildman–Crippen MR) is 40.6 cm³/mol. The monoisotopic (exact) mass is 140 g/mol. The van der Waals surface area contributed by atoms with Gasteiger partial charge in [0, 0.05) is 0 Å². The van der Waals surface area contributed by atoms with Gasteiger partial charge in [0.1, 0.15) is 0 Å². The molecular weight excluding hydrogens is 124 g/mol. The van der Waals surface area contributed by atoms with Crippen molar-refractivity contribution in [1.29, 1.82) is 0 Å². The summed E-state index contributed by atoms with van der Waals surface area (Å²) in [6.07, 6.45) is 3.68. The number of hydrogen-bond acceptors (Lipinski definition) is 1. The second-order valence-corrected chi connectivity index (χ2v) is 4.61. The molecule has 0 radical (unpaired) electrons. The molecule has 2 fully saturated rings. The third kappa shape index (κ3) is 0.672. The highest BCUT2D eigenvalue weighted by Gasteiger charge is 2.51. The van der Waals surface area contributed by atoms with Crippen LogP contribution in [0, 0.1) is 17.3 Å². The Morgan fingerprint density at radius 2 is 2.00 bits per heavy atom. The molecule has 0 aromatic carbocycles. The van der Waals surface area contributed by atoms with Gasteiger partial charge in [0.05, 0.1) is 6.10 Å². The van der Waals surface area contributed by atoms with E-state index in [0.717, 1.165) is 12.3 Å². The van der Waals surface area contributed by atoms with Gasteiger partial charge in [0.2, 0.25) is 0 Å². The van der Waals surface area contributed by atoms with E-state index in [-0.39, 0.29) is 6.10 Å². The first-order chi connectivity index (χ1) is 4.61. The summed E-state index contributed by atoms with van der Waals surface area (Å²) in [7, 11) is 0. The molecule has 10 heavy (non-hydrogen) atoms. The summed E-state index contributed by atoms with van der Waals surface area (Å²) in [5.41, 5.74) is 0.433. The van der Waals surface area contributed by atoms with Gasteiger partial charge < -0.3 is 5.11 Å². The first-order valence-corrected chi connectivity index (χ1v) is 4.29. The second-order valence-electron chi connectivity index (χ2n) is 4.61. The normalized spacial score (nSPS) is 50.1. The fourth-order valence-corrected chi connectivity index (χ4v) is 2.80. The molecule has 2 aliphatic carbocycles. The molecule has 2 saturated carbocycles. The van der Waals surface area contributed by atoms with Crippen LogP contribution in [-0.2, 0) is 0 Å². The topological polar surface area (TPSA) is 20.2 Å². The molecule has 58 valence electrons. The van der Waals surface area contributed by atoms with E-state index in [1.54, 1.807) is 0 Å². The Hall–Kier alpha value is -0.0400. The summed E-state index contributed by atoms with van der Waals surface area (Å²) in [6.45, 7) is 4.58. The molecule has 1 nitrogen and oxygen atoms in total. The van der Waals surface area contributed by atoms with Crippen LogP contribution in [0.25, 0.3) is 0 Å². The van der Waals surface area contributed by atoms with Crippen molar-refractivity contribution in [2.24, 2.45) is 17.3 Å². The molecule has 0 bridgehead atoms. The molecule has 0 saturated heterocycles. The van der Waals surface area contributed by atoms with E-state index in [4.69, 9.17) is 0 Å². The minimum atomic E-state index is 0.0220. The maximum atomic E-state index is 9.55. The summed E-state index contributed by atoms with van der Waals surface area (Å²) in [5, 5.41) is 9.55. The molecule has 0 heterocycles. The quantitative estimate of drug-likeness (QED) is 0.544. The Kier molecular flexibility index (Phi) is 1.17. The summed E-state index contributed by atoms with van der Waals surface area (Å²) in [4.78, 5) is 0. The van der Waals surface area contributed by atoms with Crippen molar-refractivity contribution < 1.29 is 5.11 Å². The first kappa shape index (κ1) is 6.66. The number of fused-ring (bicyclic) bond motifs is 1. The molecule has 1 heteroatoms. The Morgan fingerprint density at radius 3 is 2.20 bits per heavy atom. The van der Waals surface area contributed by atoms with E-state index in [2.05, 4.69) is 13.8 Å². The SMILES string of the molecule is CC1(C)CC(O)C2CCC21. The van der Waals surface area contributed by atoms with Gasteiger partial charge in [-0.05, 0) is 36.5 Å². The molecule has 0 aliphatic heterocycles. The lowest BCUT2D eigenvalue weighted by Gasteiger charge is -2.38. The van der Waals surface area contributed by atoms with Crippen LogP contribution < -0.4 is 0 Å². The zero-order valence-corrected chi connectivity index (χ0v) is 6.80. The Morgan fingerprint density at radius 1 is 1.30 bits per heavy atom. The Balaban J connectivity index is 2.17. The highest BCUT2D eigenvalue weighted by molar-refractivity contribution is 5.01. The predicted octanol–water partition coefficient (Wildman–Crippen LogP) is 1.80. The number of hydrogen-bond donors (Lipinski definition) is 1. The maximum absolute atomic E-state index is 9.55. The summed E-state index contributed by atoms with van der Waals surface area (Å²) in [6, 6.07) is 0. The molecule has 0 amide bonds. The van der Waals surface area contributed by atoms with Crippen molar-refractivity contribution in [2.45, 2.75) is 39.2 Å². The van der Waals surface area contributed by atoms with Crippen LogP contribution in [0.15, 0.2) is 0 Å². The van der Waals surface area contributed by atoms with Gasteiger partial charge in [0.25, 0.3) is 0 Å². The van der Waals surface area contributed by atoms with Gasteiger partial charge in [-0.3, -0.25) is 0 Å². The molecule has 0 aromatic heterocycles. The second kappa shape index (κ2) is 1.76. The highest BCUT2D eigenvalue weighted by Crippen LogP contribution is 2.56. The van der Waals surface area contributed by atoms with E-state index < -0.39 is 0 Å². The van der Waals surface area contributed by atoms with Crippen LogP contribution in [0.4, 0.5) is 0 Å². The Labute approximate surface area is 62.4 Å². The van der Waals surface area contributed by atoms with Gasteiger partial charge in [-0.1, -0.05) is 13.8 Å². The number of aliphatic hydroxyl groups is 1. The lowest BCUT2D eigenvalue weighted by atomic mass is 9.67. The molecule has 0 spiro atoms. The average molecular weight is 140 g/mol. The van der Waals surface area contributed by atoms with Crippen molar-refractivity contribution >= 4 is 0 Å². The van der Waals surface area contributed by atoms with E-state index >= 15 is 0 Å². The van der Waals surface area contributed by atoms with E-state index in [9.17, 15) is 5.11 Å². The van der Waals surface area contributed by atoms with Gasteiger partial charge in [0.15, 0.2) is 0 Å². The van der Waals surface area contributed by atoms with Crippen molar-refractivity contribution in [3.63, 3.8) is 0 Å². The minimum Gasteiger partial charge on any atom is -0.393 e. The zero-order chi connectivity index (χ0) is 7.35.